The van der Waals surface area contributed by atoms with Crippen molar-refractivity contribution in [2.75, 3.05) is 18.6 Å². The molecule has 0 radical (unpaired) electrons. The van der Waals surface area contributed by atoms with E-state index in [4.69, 9.17) is 4.74 Å². The Kier molecular flexibility index (Phi) is 4.98. The summed E-state index contributed by atoms with van der Waals surface area (Å²) in [5, 5.41) is 22.3. The lowest BCUT2D eigenvalue weighted by Gasteiger charge is -2.22. The van der Waals surface area contributed by atoms with Crippen molar-refractivity contribution in [2.24, 2.45) is 0 Å². The van der Waals surface area contributed by atoms with Crippen LogP contribution < -0.4 is 9.64 Å². The molecule has 0 saturated carbocycles. The SMILES string of the molecule is C=CCN1C(=O)C(O)(CC(=O)c2ccc(OC)c([N+](=O)[O-])c2)c2ccccc21. The number of Topliss-reactive ketones (excluding diaryl/α,β-unsaturated/α-hetero) is 1. The lowest BCUT2D eigenvalue weighted by atomic mass is 9.88. The minimum Gasteiger partial charge on any atom is -0.490 e. The Labute approximate surface area is 160 Å². The molecule has 0 aliphatic carbocycles. The molecule has 1 unspecified atom stereocenters. The number of fused-ring (bicyclic) bond motifs is 1. The third-order valence-electron chi connectivity index (χ3n) is 4.66. The third-order valence-corrected chi connectivity index (χ3v) is 4.66. The lowest BCUT2D eigenvalue weighted by Crippen LogP contribution is -2.41. The van der Waals surface area contributed by atoms with Gasteiger partial charge in [0.25, 0.3) is 5.91 Å². The van der Waals surface area contributed by atoms with Gasteiger partial charge in [0.05, 0.1) is 24.1 Å². The Balaban J connectivity index is 1.98. The maximum atomic E-state index is 12.9. The number of rotatable bonds is 7. The summed E-state index contributed by atoms with van der Waals surface area (Å²) in [5.74, 6) is -1.22. The number of methoxy groups -OCH3 is 1. The third kappa shape index (κ3) is 3.03. The lowest BCUT2D eigenvalue weighted by molar-refractivity contribution is -0.385. The fraction of sp³-hybridized carbons (Fsp3) is 0.200. The molecular formula is C20H18N2O6. The van der Waals surface area contributed by atoms with Crippen LogP contribution in [0, 0.1) is 10.1 Å². The van der Waals surface area contributed by atoms with E-state index in [1.807, 2.05) is 0 Å². The van der Waals surface area contributed by atoms with E-state index < -0.39 is 28.6 Å². The fourth-order valence-corrected chi connectivity index (χ4v) is 3.33. The number of anilines is 1. The highest BCUT2D eigenvalue weighted by atomic mass is 16.6. The first-order chi connectivity index (χ1) is 13.3. The molecule has 3 rings (SSSR count). The van der Waals surface area contributed by atoms with Gasteiger partial charge < -0.3 is 14.7 Å². The van der Waals surface area contributed by atoms with Gasteiger partial charge in [-0.05, 0) is 18.2 Å². The minimum atomic E-state index is -2.05. The summed E-state index contributed by atoms with van der Waals surface area (Å²) in [6.07, 6.45) is 0.981. The van der Waals surface area contributed by atoms with Crippen molar-refractivity contribution in [3.8, 4) is 5.75 Å². The Morgan fingerprint density at radius 2 is 2.07 bits per heavy atom. The number of hydrogen-bond donors (Lipinski definition) is 1. The number of ether oxygens (including phenoxy) is 1. The number of nitro benzene ring substituents is 1. The summed E-state index contributed by atoms with van der Waals surface area (Å²) in [5.41, 5.74) is -1.59. The van der Waals surface area contributed by atoms with Crippen molar-refractivity contribution in [1.82, 2.24) is 0 Å². The fourth-order valence-electron chi connectivity index (χ4n) is 3.33. The van der Waals surface area contributed by atoms with Crippen LogP contribution in [0.15, 0.2) is 55.1 Å². The summed E-state index contributed by atoms with van der Waals surface area (Å²) in [6.45, 7) is 3.79. The highest BCUT2D eigenvalue weighted by Crippen LogP contribution is 2.43. The monoisotopic (exact) mass is 382 g/mol. The van der Waals surface area contributed by atoms with E-state index >= 15 is 0 Å². The summed E-state index contributed by atoms with van der Waals surface area (Å²) in [4.78, 5) is 37.5. The second-order valence-corrected chi connectivity index (χ2v) is 6.33. The van der Waals surface area contributed by atoms with E-state index in [0.29, 0.717) is 11.3 Å². The van der Waals surface area contributed by atoms with Crippen molar-refractivity contribution in [3.63, 3.8) is 0 Å². The van der Waals surface area contributed by atoms with Gasteiger partial charge in [-0.3, -0.25) is 19.7 Å². The number of para-hydroxylation sites is 1. The van der Waals surface area contributed by atoms with E-state index in [9.17, 15) is 24.8 Å². The van der Waals surface area contributed by atoms with Crippen LogP contribution in [0.4, 0.5) is 11.4 Å². The molecule has 8 nitrogen and oxygen atoms in total. The number of carbonyl (C=O) groups excluding carboxylic acids is 2. The molecule has 1 aliphatic rings. The van der Waals surface area contributed by atoms with E-state index in [0.717, 1.165) is 6.07 Å². The van der Waals surface area contributed by atoms with Gasteiger partial charge in [0.15, 0.2) is 17.1 Å². The highest BCUT2D eigenvalue weighted by molar-refractivity contribution is 6.11. The van der Waals surface area contributed by atoms with Gasteiger partial charge in [0.2, 0.25) is 0 Å². The van der Waals surface area contributed by atoms with Crippen LogP contribution in [-0.4, -0.2) is 35.4 Å². The summed E-state index contributed by atoms with van der Waals surface area (Å²) >= 11 is 0. The molecule has 0 saturated heterocycles. The summed E-state index contributed by atoms with van der Waals surface area (Å²) < 4.78 is 4.93. The normalized spacial score (nSPS) is 17.9. The predicted octanol–water partition coefficient (Wildman–Crippen LogP) is 2.60. The standard InChI is InChI=1S/C20H18N2O6/c1-3-10-21-15-7-5-4-6-14(15)20(25,19(21)24)12-17(23)13-8-9-18(28-2)16(11-13)22(26)27/h3-9,11,25H,1,10,12H2,2H3. The molecule has 28 heavy (non-hydrogen) atoms. The number of aliphatic hydroxyl groups is 1. The number of amides is 1. The van der Waals surface area contributed by atoms with Crippen molar-refractivity contribution < 1.29 is 24.4 Å². The molecular weight excluding hydrogens is 364 g/mol. The Morgan fingerprint density at radius 1 is 1.36 bits per heavy atom. The first kappa shape index (κ1) is 19.2. The van der Waals surface area contributed by atoms with Crippen molar-refractivity contribution in [1.29, 1.82) is 0 Å². The van der Waals surface area contributed by atoms with E-state index in [-0.39, 0.29) is 23.5 Å². The molecule has 0 spiro atoms. The number of benzene rings is 2. The van der Waals surface area contributed by atoms with Crippen LogP contribution in [0.5, 0.6) is 5.75 Å². The average molecular weight is 382 g/mol. The number of hydrogen-bond acceptors (Lipinski definition) is 6. The molecule has 8 heteroatoms. The Bertz CT molecular complexity index is 986. The first-order valence-electron chi connectivity index (χ1n) is 8.44. The van der Waals surface area contributed by atoms with Gasteiger partial charge in [0.1, 0.15) is 0 Å². The number of nitro groups is 1. The molecule has 0 bridgehead atoms. The highest BCUT2D eigenvalue weighted by Gasteiger charge is 2.50. The quantitative estimate of drug-likeness (QED) is 0.341. The molecule has 2 aromatic rings. The van der Waals surface area contributed by atoms with Crippen LogP contribution in [0.3, 0.4) is 0 Å². The van der Waals surface area contributed by atoms with Gasteiger partial charge in [-0.1, -0.05) is 24.3 Å². The summed E-state index contributed by atoms with van der Waals surface area (Å²) in [6, 6.07) is 10.4. The van der Waals surface area contributed by atoms with Crippen LogP contribution in [-0.2, 0) is 10.4 Å². The zero-order valence-electron chi connectivity index (χ0n) is 15.1. The van der Waals surface area contributed by atoms with Gasteiger partial charge in [0, 0.05) is 23.7 Å². The van der Waals surface area contributed by atoms with Crippen LogP contribution in [0.2, 0.25) is 0 Å². The average Bonchev–Trinajstić information content (AvgIpc) is 2.90. The van der Waals surface area contributed by atoms with E-state index in [1.165, 1.54) is 30.2 Å². The van der Waals surface area contributed by atoms with Crippen molar-refractivity contribution in [3.05, 3.63) is 76.4 Å². The van der Waals surface area contributed by atoms with Gasteiger partial charge in [-0.25, -0.2) is 0 Å². The Hall–Kier alpha value is -3.52. The van der Waals surface area contributed by atoms with Gasteiger partial charge in [-0.2, -0.15) is 0 Å². The largest absolute Gasteiger partial charge is 0.490 e. The summed E-state index contributed by atoms with van der Waals surface area (Å²) in [7, 11) is 1.29. The molecule has 1 atom stereocenters. The smallest absolute Gasteiger partial charge is 0.311 e. The van der Waals surface area contributed by atoms with Gasteiger partial charge in [-0.15, -0.1) is 6.58 Å². The maximum absolute atomic E-state index is 12.9. The Morgan fingerprint density at radius 3 is 2.71 bits per heavy atom. The van der Waals surface area contributed by atoms with Gasteiger partial charge >= 0.3 is 5.69 Å². The first-order valence-corrected chi connectivity index (χ1v) is 8.44. The molecule has 1 aliphatic heterocycles. The van der Waals surface area contributed by atoms with E-state index in [2.05, 4.69) is 6.58 Å². The van der Waals surface area contributed by atoms with Crippen LogP contribution in [0.1, 0.15) is 22.3 Å². The molecule has 1 amide bonds. The molecule has 0 fully saturated rings. The molecule has 144 valence electrons. The zero-order chi connectivity index (χ0) is 20.5. The molecule has 2 aromatic carbocycles. The predicted molar refractivity (Wildman–Crippen MR) is 101 cm³/mol. The second-order valence-electron chi connectivity index (χ2n) is 6.33. The molecule has 1 N–H and O–H groups in total. The van der Waals surface area contributed by atoms with Crippen LogP contribution in [0.25, 0.3) is 0 Å². The van der Waals surface area contributed by atoms with Crippen molar-refractivity contribution in [2.45, 2.75) is 12.0 Å². The van der Waals surface area contributed by atoms with Crippen molar-refractivity contribution >= 4 is 23.1 Å². The number of nitrogens with zero attached hydrogens (tertiary/aromatic N) is 2. The maximum Gasteiger partial charge on any atom is 0.311 e. The molecule has 1 heterocycles. The van der Waals surface area contributed by atoms with Crippen LogP contribution >= 0.6 is 0 Å². The number of carbonyl (C=O) groups is 2. The minimum absolute atomic E-state index is 0.00776. The second kappa shape index (κ2) is 7.24. The molecule has 0 aromatic heterocycles. The van der Waals surface area contributed by atoms with E-state index in [1.54, 1.807) is 24.3 Å². The number of ketones is 1. The topological polar surface area (TPSA) is 110 Å². The zero-order valence-corrected chi connectivity index (χ0v) is 15.1.